The Kier molecular flexibility index (Phi) is 8.51. The SMILES string of the molecule is CCC(C)NC(=O)c1coc(CN(Cc2cc(OC)ccc2OC)C(C)CC)n1. The minimum absolute atomic E-state index is 0.0970. The molecule has 160 valence electrons. The van der Waals surface area contributed by atoms with Crippen molar-refractivity contribution in [1.82, 2.24) is 15.2 Å². The van der Waals surface area contributed by atoms with Crippen LogP contribution in [-0.4, -0.2) is 42.1 Å². The molecule has 0 spiro atoms. The molecular formula is C22H33N3O4. The molecule has 0 saturated carbocycles. The van der Waals surface area contributed by atoms with Gasteiger partial charge in [-0.1, -0.05) is 13.8 Å². The van der Waals surface area contributed by atoms with Gasteiger partial charge < -0.3 is 19.2 Å². The molecular weight excluding hydrogens is 370 g/mol. The third-order valence-electron chi connectivity index (χ3n) is 5.19. The third kappa shape index (κ3) is 6.22. The van der Waals surface area contributed by atoms with Gasteiger partial charge in [0.25, 0.3) is 5.91 Å². The Morgan fingerprint density at radius 3 is 2.55 bits per heavy atom. The summed E-state index contributed by atoms with van der Waals surface area (Å²) in [4.78, 5) is 18.9. The quantitative estimate of drug-likeness (QED) is 0.611. The molecule has 2 unspecified atom stereocenters. The van der Waals surface area contributed by atoms with Crippen LogP contribution in [0.1, 0.15) is 62.5 Å². The van der Waals surface area contributed by atoms with Gasteiger partial charge in [0.05, 0.1) is 20.8 Å². The van der Waals surface area contributed by atoms with E-state index in [-0.39, 0.29) is 18.0 Å². The molecule has 0 aliphatic carbocycles. The van der Waals surface area contributed by atoms with E-state index in [9.17, 15) is 4.79 Å². The van der Waals surface area contributed by atoms with Crippen molar-refractivity contribution in [3.63, 3.8) is 0 Å². The number of carbonyl (C=O) groups is 1. The van der Waals surface area contributed by atoms with Crippen molar-refractivity contribution in [3.8, 4) is 11.5 Å². The van der Waals surface area contributed by atoms with Gasteiger partial charge in [0.15, 0.2) is 5.69 Å². The summed E-state index contributed by atoms with van der Waals surface area (Å²) in [6.07, 6.45) is 3.25. The summed E-state index contributed by atoms with van der Waals surface area (Å²) >= 11 is 0. The van der Waals surface area contributed by atoms with Crippen LogP contribution in [0.25, 0.3) is 0 Å². The van der Waals surface area contributed by atoms with Crippen molar-refractivity contribution in [2.24, 2.45) is 0 Å². The highest BCUT2D eigenvalue weighted by Gasteiger charge is 2.20. The van der Waals surface area contributed by atoms with Crippen molar-refractivity contribution in [1.29, 1.82) is 0 Å². The predicted octanol–water partition coefficient (Wildman–Crippen LogP) is 4.02. The molecule has 0 saturated heterocycles. The maximum atomic E-state index is 12.3. The number of benzene rings is 1. The summed E-state index contributed by atoms with van der Waals surface area (Å²) < 4.78 is 16.5. The fraction of sp³-hybridized carbons (Fsp3) is 0.545. The molecule has 1 amide bonds. The summed E-state index contributed by atoms with van der Waals surface area (Å²) in [6, 6.07) is 6.15. The Balaban J connectivity index is 2.17. The lowest BCUT2D eigenvalue weighted by molar-refractivity contribution is 0.0934. The first-order chi connectivity index (χ1) is 13.9. The van der Waals surface area contributed by atoms with Crippen molar-refractivity contribution in [2.45, 2.75) is 65.7 Å². The van der Waals surface area contributed by atoms with Crippen molar-refractivity contribution >= 4 is 5.91 Å². The van der Waals surface area contributed by atoms with E-state index in [2.05, 4.69) is 29.0 Å². The summed E-state index contributed by atoms with van der Waals surface area (Å²) in [5.74, 6) is 1.89. The summed E-state index contributed by atoms with van der Waals surface area (Å²) in [6.45, 7) is 9.42. The van der Waals surface area contributed by atoms with Crippen molar-refractivity contribution in [3.05, 3.63) is 41.6 Å². The molecule has 29 heavy (non-hydrogen) atoms. The molecule has 0 aliphatic heterocycles. The van der Waals surface area contributed by atoms with Crippen LogP contribution in [-0.2, 0) is 13.1 Å². The number of amides is 1. The Hall–Kier alpha value is -2.54. The van der Waals surface area contributed by atoms with Crippen molar-refractivity contribution in [2.75, 3.05) is 14.2 Å². The molecule has 0 aliphatic rings. The molecule has 1 aromatic carbocycles. The lowest BCUT2D eigenvalue weighted by Crippen LogP contribution is -2.33. The van der Waals surface area contributed by atoms with E-state index in [1.165, 1.54) is 6.26 Å². The lowest BCUT2D eigenvalue weighted by Gasteiger charge is -2.28. The second-order valence-corrected chi connectivity index (χ2v) is 7.25. The van der Waals surface area contributed by atoms with Crippen LogP contribution in [0.5, 0.6) is 11.5 Å². The first kappa shape index (κ1) is 22.7. The van der Waals surface area contributed by atoms with Gasteiger partial charge in [0, 0.05) is 24.2 Å². The number of rotatable bonds is 11. The summed E-state index contributed by atoms with van der Waals surface area (Å²) in [7, 11) is 3.31. The maximum Gasteiger partial charge on any atom is 0.273 e. The molecule has 2 atom stereocenters. The molecule has 0 radical (unpaired) electrons. The average molecular weight is 404 g/mol. The van der Waals surface area contributed by atoms with E-state index in [4.69, 9.17) is 13.9 Å². The molecule has 7 heteroatoms. The van der Waals surface area contributed by atoms with E-state index >= 15 is 0 Å². The maximum absolute atomic E-state index is 12.3. The van der Waals surface area contributed by atoms with Crippen LogP contribution >= 0.6 is 0 Å². The van der Waals surface area contributed by atoms with Crippen LogP contribution in [0.15, 0.2) is 28.9 Å². The van der Waals surface area contributed by atoms with Gasteiger partial charge in [0.2, 0.25) is 5.89 Å². The van der Waals surface area contributed by atoms with Gasteiger partial charge in [-0.15, -0.1) is 0 Å². The van der Waals surface area contributed by atoms with Crippen LogP contribution in [0, 0.1) is 0 Å². The van der Waals surface area contributed by atoms with E-state index in [0.717, 1.165) is 29.9 Å². The van der Waals surface area contributed by atoms with E-state index in [0.29, 0.717) is 24.7 Å². The Morgan fingerprint density at radius 2 is 1.93 bits per heavy atom. The van der Waals surface area contributed by atoms with Crippen LogP contribution in [0.3, 0.4) is 0 Å². The number of hydrogen-bond acceptors (Lipinski definition) is 6. The monoisotopic (exact) mass is 403 g/mol. The molecule has 2 aromatic rings. The van der Waals surface area contributed by atoms with Crippen LogP contribution in [0.2, 0.25) is 0 Å². The molecule has 0 bridgehead atoms. The number of nitrogens with one attached hydrogen (secondary N) is 1. The zero-order valence-corrected chi connectivity index (χ0v) is 18.3. The first-order valence-corrected chi connectivity index (χ1v) is 10.1. The zero-order chi connectivity index (χ0) is 21.4. The third-order valence-corrected chi connectivity index (χ3v) is 5.19. The minimum atomic E-state index is -0.209. The van der Waals surface area contributed by atoms with Gasteiger partial charge in [-0.2, -0.15) is 0 Å². The topological polar surface area (TPSA) is 76.8 Å². The highest BCUT2D eigenvalue weighted by Crippen LogP contribution is 2.27. The van der Waals surface area contributed by atoms with E-state index < -0.39 is 0 Å². The zero-order valence-electron chi connectivity index (χ0n) is 18.3. The van der Waals surface area contributed by atoms with Crippen LogP contribution < -0.4 is 14.8 Å². The fourth-order valence-electron chi connectivity index (χ4n) is 2.91. The number of oxazole rings is 1. The number of hydrogen-bond donors (Lipinski definition) is 1. The highest BCUT2D eigenvalue weighted by atomic mass is 16.5. The second-order valence-electron chi connectivity index (χ2n) is 7.25. The Labute approximate surface area is 173 Å². The van der Waals surface area contributed by atoms with Gasteiger partial charge in [-0.3, -0.25) is 9.69 Å². The van der Waals surface area contributed by atoms with Gasteiger partial charge in [-0.05, 0) is 44.9 Å². The second kappa shape index (κ2) is 10.9. The molecule has 1 aromatic heterocycles. The van der Waals surface area contributed by atoms with Crippen molar-refractivity contribution < 1.29 is 18.7 Å². The molecule has 2 rings (SSSR count). The number of carbonyl (C=O) groups excluding carboxylic acids is 1. The van der Waals surface area contributed by atoms with Gasteiger partial charge >= 0.3 is 0 Å². The Morgan fingerprint density at radius 1 is 1.17 bits per heavy atom. The number of nitrogens with zero attached hydrogens (tertiary/aromatic N) is 2. The van der Waals surface area contributed by atoms with Crippen LogP contribution in [0.4, 0.5) is 0 Å². The van der Waals surface area contributed by atoms with Gasteiger partial charge in [-0.25, -0.2) is 4.98 Å². The highest BCUT2D eigenvalue weighted by molar-refractivity contribution is 5.92. The minimum Gasteiger partial charge on any atom is -0.497 e. The summed E-state index contributed by atoms with van der Waals surface area (Å²) in [5.41, 5.74) is 1.33. The summed E-state index contributed by atoms with van der Waals surface area (Å²) in [5, 5.41) is 2.91. The predicted molar refractivity (Wildman–Crippen MR) is 112 cm³/mol. The largest absolute Gasteiger partial charge is 0.497 e. The molecule has 7 nitrogen and oxygen atoms in total. The average Bonchev–Trinajstić information content (AvgIpc) is 3.21. The van der Waals surface area contributed by atoms with E-state index in [1.54, 1.807) is 14.2 Å². The standard InChI is InChI=1S/C22H33N3O4/c1-7-15(3)23-22(26)19-14-29-21(24-19)13-25(16(4)8-2)12-17-11-18(27-5)9-10-20(17)28-6/h9-11,14-16H,7-8,12-13H2,1-6H3,(H,23,26). The number of methoxy groups -OCH3 is 2. The molecule has 1 heterocycles. The van der Waals surface area contributed by atoms with E-state index in [1.807, 2.05) is 32.0 Å². The number of ether oxygens (including phenoxy) is 2. The smallest absolute Gasteiger partial charge is 0.273 e. The molecule has 1 N–H and O–H groups in total. The normalized spacial score (nSPS) is 13.2. The lowest BCUT2D eigenvalue weighted by atomic mass is 10.1. The molecule has 0 fully saturated rings. The fourth-order valence-corrected chi connectivity index (χ4v) is 2.91. The van der Waals surface area contributed by atoms with Gasteiger partial charge in [0.1, 0.15) is 17.8 Å². The Bertz CT molecular complexity index is 790. The first-order valence-electron chi connectivity index (χ1n) is 10.1. The number of aromatic nitrogens is 1.